The van der Waals surface area contributed by atoms with E-state index in [-0.39, 0.29) is 23.7 Å². The summed E-state index contributed by atoms with van der Waals surface area (Å²) in [5.41, 5.74) is 0.871. The van der Waals surface area contributed by atoms with E-state index in [1.807, 2.05) is 13.8 Å². The van der Waals surface area contributed by atoms with Crippen LogP contribution in [0.25, 0.3) is 0 Å². The molecule has 9 heteroatoms. The van der Waals surface area contributed by atoms with Gasteiger partial charge in [0.2, 0.25) is 0 Å². The van der Waals surface area contributed by atoms with Gasteiger partial charge < -0.3 is 19.7 Å². The van der Waals surface area contributed by atoms with Crippen molar-refractivity contribution in [3.8, 4) is 0 Å². The summed E-state index contributed by atoms with van der Waals surface area (Å²) in [5, 5.41) is 12.7. The van der Waals surface area contributed by atoms with Crippen molar-refractivity contribution in [2.24, 2.45) is 5.92 Å². The Morgan fingerprint density at radius 3 is 2.55 bits per heavy atom. The fourth-order valence-electron chi connectivity index (χ4n) is 3.46. The number of carbonyl (C=O) groups excluding carboxylic acids is 2. The number of nitrogens with one attached hydrogen (secondary N) is 1. The Bertz CT molecular complexity index is 1010. The van der Waals surface area contributed by atoms with Crippen molar-refractivity contribution >= 4 is 24.5 Å². The van der Waals surface area contributed by atoms with Crippen LogP contribution in [0.3, 0.4) is 0 Å². The minimum atomic E-state index is -1.14. The molecule has 0 saturated carbocycles. The second kappa shape index (κ2) is 8.76. The average molecular weight is 431 g/mol. The van der Waals surface area contributed by atoms with E-state index in [2.05, 4.69) is 5.32 Å². The molecule has 0 radical (unpaired) electrons. The van der Waals surface area contributed by atoms with Crippen LogP contribution >= 0.6 is 0 Å². The van der Waals surface area contributed by atoms with Gasteiger partial charge in [-0.3, -0.25) is 4.79 Å². The van der Waals surface area contributed by atoms with Crippen LogP contribution in [0.4, 0.5) is 8.78 Å². The zero-order valence-corrected chi connectivity index (χ0v) is 17.7. The first-order valence-corrected chi connectivity index (χ1v) is 9.91. The standard InChI is InChI=1S/C22H24BF2NO5/c1-12(2)19(21(28)30-11-14-5-7-15(24)10-18(14)25)26-20(27)13-6-8-16-17(9-13)23(29)31-22(16,3)4/h5-10,12,19,29H,11H2,1-4H3,(H,26,27). The van der Waals surface area contributed by atoms with Crippen LogP contribution in [0.1, 0.15) is 49.2 Å². The smallest absolute Gasteiger partial charge is 0.459 e. The van der Waals surface area contributed by atoms with Crippen LogP contribution in [0.15, 0.2) is 36.4 Å². The lowest BCUT2D eigenvalue weighted by atomic mass is 9.77. The predicted molar refractivity (Wildman–Crippen MR) is 110 cm³/mol. The first-order valence-electron chi connectivity index (χ1n) is 9.91. The monoisotopic (exact) mass is 431 g/mol. The molecule has 1 heterocycles. The average Bonchev–Trinajstić information content (AvgIpc) is 2.92. The quantitative estimate of drug-likeness (QED) is 0.542. The number of ether oxygens (including phenoxy) is 1. The van der Waals surface area contributed by atoms with Gasteiger partial charge in [0, 0.05) is 17.2 Å². The Morgan fingerprint density at radius 2 is 1.90 bits per heavy atom. The molecule has 1 aliphatic rings. The van der Waals surface area contributed by atoms with Gasteiger partial charge in [-0.05, 0) is 55.1 Å². The van der Waals surface area contributed by atoms with Gasteiger partial charge in [0.15, 0.2) is 0 Å². The van der Waals surface area contributed by atoms with Crippen molar-refractivity contribution in [3.63, 3.8) is 0 Å². The normalized spacial score (nSPS) is 15.5. The first-order chi connectivity index (χ1) is 14.5. The number of benzene rings is 2. The Balaban J connectivity index is 1.70. The summed E-state index contributed by atoms with van der Waals surface area (Å²) in [6.45, 7) is 6.70. The van der Waals surface area contributed by atoms with Gasteiger partial charge in [0.1, 0.15) is 24.3 Å². The third kappa shape index (κ3) is 4.94. The van der Waals surface area contributed by atoms with Crippen molar-refractivity contribution < 1.29 is 32.8 Å². The van der Waals surface area contributed by atoms with E-state index < -0.39 is 42.3 Å². The predicted octanol–water partition coefficient (Wildman–Crippen LogP) is 2.42. The summed E-state index contributed by atoms with van der Waals surface area (Å²) in [6, 6.07) is 6.82. The third-order valence-corrected chi connectivity index (χ3v) is 5.23. The maximum atomic E-state index is 13.8. The number of hydrogen-bond donors (Lipinski definition) is 2. The lowest BCUT2D eigenvalue weighted by Crippen LogP contribution is -2.45. The SMILES string of the molecule is CC(C)C(NC(=O)c1ccc2c(c1)B(O)OC2(C)C)C(=O)OCc1ccc(F)cc1F. The fourth-order valence-corrected chi connectivity index (χ4v) is 3.46. The Hall–Kier alpha value is -2.78. The van der Waals surface area contributed by atoms with Crippen LogP contribution in [-0.2, 0) is 26.4 Å². The minimum Gasteiger partial charge on any atom is -0.459 e. The zero-order chi connectivity index (χ0) is 22.9. The highest BCUT2D eigenvalue weighted by Crippen LogP contribution is 2.29. The summed E-state index contributed by atoms with van der Waals surface area (Å²) in [6.07, 6.45) is 0. The third-order valence-electron chi connectivity index (χ3n) is 5.23. The number of carbonyl (C=O) groups is 2. The molecule has 0 saturated heterocycles. The molecule has 0 spiro atoms. The Kier molecular flexibility index (Phi) is 6.47. The molecule has 0 aliphatic carbocycles. The van der Waals surface area contributed by atoms with E-state index in [0.29, 0.717) is 11.5 Å². The molecule has 2 N–H and O–H groups in total. The molecule has 0 aromatic heterocycles. The second-order valence-electron chi connectivity index (χ2n) is 8.32. The molecular formula is C22H24BF2NO5. The summed E-state index contributed by atoms with van der Waals surface area (Å²) >= 11 is 0. The van der Waals surface area contributed by atoms with E-state index in [1.54, 1.807) is 26.0 Å². The van der Waals surface area contributed by atoms with E-state index in [4.69, 9.17) is 9.39 Å². The van der Waals surface area contributed by atoms with Crippen molar-refractivity contribution in [1.82, 2.24) is 5.32 Å². The van der Waals surface area contributed by atoms with Gasteiger partial charge in [0.25, 0.3) is 5.91 Å². The number of esters is 1. The molecule has 1 amide bonds. The van der Waals surface area contributed by atoms with Gasteiger partial charge in [-0.2, -0.15) is 0 Å². The van der Waals surface area contributed by atoms with Crippen LogP contribution in [-0.4, -0.2) is 30.1 Å². The number of amides is 1. The second-order valence-corrected chi connectivity index (χ2v) is 8.32. The van der Waals surface area contributed by atoms with E-state index in [0.717, 1.165) is 11.6 Å². The fraction of sp³-hybridized carbons (Fsp3) is 0.364. The van der Waals surface area contributed by atoms with Crippen molar-refractivity contribution in [3.05, 3.63) is 64.7 Å². The molecule has 0 fully saturated rings. The molecule has 0 bridgehead atoms. The molecule has 1 atom stereocenters. The molecular weight excluding hydrogens is 407 g/mol. The van der Waals surface area contributed by atoms with Gasteiger partial charge in [-0.15, -0.1) is 0 Å². The van der Waals surface area contributed by atoms with Crippen LogP contribution < -0.4 is 10.8 Å². The van der Waals surface area contributed by atoms with Crippen molar-refractivity contribution in [2.75, 3.05) is 0 Å². The lowest BCUT2D eigenvalue weighted by Gasteiger charge is -2.22. The van der Waals surface area contributed by atoms with Crippen LogP contribution in [0.2, 0.25) is 0 Å². The highest BCUT2D eigenvalue weighted by Gasteiger charge is 2.41. The molecule has 164 valence electrons. The molecule has 2 aromatic rings. The van der Waals surface area contributed by atoms with Crippen LogP contribution in [0, 0.1) is 17.6 Å². The Labute approximate surface area is 179 Å². The summed E-state index contributed by atoms with van der Waals surface area (Å²) in [7, 11) is -1.14. The molecule has 1 unspecified atom stereocenters. The molecule has 1 aliphatic heterocycles. The molecule has 6 nitrogen and oxygen atoms in total. The van der Waals surface area contributed by atoms with Crippen molar-refractivity contribution in [2.45, 2.75) is 45.9 Å². The van der Waals surface area contributed by atoms with E-state index in [9.17, 15) is 23.4 Å². The van der Waals surface area contributed by atoms with Gasteiger partial charge in [0.05, 0.1) is 5.60 Å². The summed E-state index contributed by atoms with van der Waals surface area (Å²) in [5.74, 6) is -3.12. The zero-order valence-electron chi connectivity index (χ0n) is 17.7. The number of hydrogen-bond acceptors (Lipinski definition) is 5. The minimum absolute atomic E-state index is 0.0267. The van der Waals surface area contributed by atoms with Gasteiger partial charge in [-0.25, -0.2) is 13.6 Å². The number of rotatable bonds is 6. The van der Waals surface area contributed by atoms with Gasteiger partial charge >= 0.3 is 13.1 Å². The first kappa shape index (κ1) is 22.9. The number of halogens is 2. The van der Waals surface area contributed by atoms with Gasteiger partial charge in [-0.1, -0.05) is 19.9 Å². The topological polar surface area (TPSA) is 84.9 Å². The highest BCUT2D eigenvalue weighted by molar-refractivity contribution is 6.62. The van der Waals surface area contributed by atoms with Crippen LogP contribution in [0.5, 0.6) is 0 Å². The van der Waals surface area contributed by atoms with Crippen molar-refractivity contribution in [1.29, 1.82) is 0 Å². The molecule has 3 rings (SSSR count). The summed E-state index contributed by atoms with van der Waals surface area (Å²) in [4.78, 5) is 25.3. The van der Waals surface area contributed by atoms with E-state index >= 15 is 0 Å². The number of fused-ring (bicyclic) bond motifs is 1. The maximum Gasteiger partial charge on any atom is 0.492 e. The van der Waals surface area contributed by atoms with E-state index in [1.165, 1.54) is 12.1 Å². The molecule has 31 heavy (non-hydrogen) atoms. The Morgan fingerprint density at radius 1 is 1.19 bits per heavy atom. The maximum absolute atomic E-state index is 13.8. The lowest BCUT2D eigenvalue weighted by molar-refractivity contribution is -0.148. The largest absolute Gasteiger partial charge is 0.492 e. The molecule has 2 aromatic carbocycles. The summed E-state index contributed by atoms with van der Waals surface area (Å²) < 4.78 is 37.4. The highest BCUT2D eigenvalue weighted by atomic mass is 19.1.